The fraction of sp³-hybridized carbons (Fsp3) is 0.350. The number of halogens is 1. The molecule has 138 valence electrons. The second kappa shape index (κ2) is 8.81. The van der Waals surface area contributed by atoms with Crippen molar-refractivity contribution in [2.75, 3.05) is 36.5 Å². The van der Waals surface area contributed by atoms with Gasteiger partial charge in [0.05, 0.1) is 6.54 Å². The third-order valence-electron chi connectivity index (χ3n) is 4.38. The molecule has 0 spiro atoms. The van der Waals surface area contributed by atoms with Gasteiger partial charge in [-0.3, -0.25) is 0 Å². The fourth-order valence-electron chi connectivity index (χ4n) is 2.95. The van der Waals surface area contributed by atoms with Gasteiger partial charge in [0, 0.05) is 29.5 Å². The SMILES string of the molecule is Cc1cc(OCCNC(=O)Nc2ccc(N3CCCC3)cc2)ccc1Cl. The first kappa shape index (κ1) is 18.4. The molecule has 26 heavy (non-hydrogen) atoms. The van der Waals surface area contributed by atoms with Gasteiger partial charge in [-0.2, -0.15) is 0 Å². The van der Waals surface area contributed by atoms with E-state index in [-0.39, 0.29) is 6.03 Å². The van der Waals surface area contributed by atoms with Crippen LogP contribution in [0.25, 0.3) is 0 Å². The lowest BCUT2D eigenvalue weighted by molar-refractivity contribution is 0.247. The Balaban J connectivity index is 1.39. The molecule has 5 nitrogen and oxygen atoms in total. The average Bonchev–Trinajstić information content (AvgIpc) is 3.17. The van der Waals surface area contributed by atoms with Gasteiger partial charge in [-0.15, -0.1) is 0 Å². The summed E-state index contributed by atoms with van der Waals surface area (Å²) in [6.07, 6.45) is 2.50. The zero-order valence-corrected chi connectivity index (χ0v) is 15.7. The second-order valence-corrected chi connectivity index (χ2v) is 6.79. The van der Waals surface area contributed by atoms with Crippen molar-refractivity contribution in [2.24, 2.45) is 0 Å². The lowest BCUT2D eigenvalue weighted by Crippen LogP contribution is -2.32. The van der Waals surface area contributed by atoms with E-state index in [0.29, 0.717) is 18.2 Å². The first-order chi connectivity index (χ1) is 12.6. The zero-order chi connectivity index (χ0) is 18.4. The quantitative estimate of drug-likeness (QED) is 0.735. The van der Waals surface area contributed by atoms with Crippen LogP contribution in [0.15, 0.2) is 42.5 Å². The summed E-state index contributed by atoms with van der Waals surface area (Å²) in [5, 5.41) is 6.33. The van der Waals surface area contributed by atoms with Gasteiger partial charge in [0.2, 0.25) is 0 Å². The average molecular weight is 374 g/mol. The molecule has 2 aromatic carbocycles. The molecule has 1 aliphatic heterocycles. The number of anilines is 2. The van der Waals surface area contributed by atoms with Crippen molar-refractivity contribution in [2.45, 2.75) is 19.8 Å². The van der Waals surface area contributed by atoms with Crippen LogP contribution in [-0.2, 0) is 0 Å². The summed E-state index contributed by atoms with van der Waals surface area (Å²) in [6.45, 7) is 4.96. The Labute approximate surface area is 159 Å². The van der Waals surface area contributed by atoms with Gasteiger partial charge in [-0.05, 0) is 67.8 Å². The molecule has 2 aromatic rings. The highest BCUT2D eigenvalue weighted by Gasteiger charge is 2.12. The molecule has 0 atom stereocenters. The van der Waals surface area contributed by atoms with E-state index < -0.39 is 0 Å². The van der Waals surface area contributed by atoms with Gasteiger partial charge >= 0.3 is 6.03 Å². The number of ether oxygens (including phenoxy) is 1. The van der Waals surface area contributed by atoms with Gasteiger partial charge in [0.15, 0.2) is 0 Å². The number of nitrogens with one attached hydrogen (secondary N) is 2. The molecule has 1 fully saturated rings. The molecule has 1 saturated heterocycles. The first-order valence-electron chi connectivity index (χ1n) is 8.90. The molecular formula is C20H24ClN3O2. The molecule has 2 N–H and O–H groups in total. The highest BCUT2D eigenvalue weighted by atomic mass is 35.5. The minimum absolute atomic E-state index is 0.241. The number of carbonyl (C=O) groups is 1. The predicted octanol–water partition coefficient (Wildman–Crippen LogP) is 4.45. The number of aryl methyl sites for hydroxylation is 1. The molecule has 1 aliphatic rings. The standard InChI is InChI=1S/C20H24ClN3O2/c1-15-14-18(8-9-19(15)21)26-13-10-22-20(25)23-16-4-6-17(7-5-16)24-11-2-3-12-24/h4-9,14H,2-3,10-13H2,1H3,(H2,22,23,25). The Hall–Kier alpha value is -2.40. The monoisotopic (exact) mass is 373 g/mol. The highest BCUT2D eigenvalue weighted by Crippen LogP contribution is 2.22. The molecular weight excluding hydrogens is 350 g/mol. The van der Waals surface area contributed by atoms with Crippen molar-refractivity contribution < 1.29 is 9.53 Å². The van der Waals surface area contributed by atoms with E-state index in [1.807, 2.05) is 43.3 Å². The number of urea groups is 1. The lowest BCUT2D eigenvalue weighted by Gasteiger charge is -2.17. The van der Waals surface area contributed by atoms with Crippen molar-refractivity contribution >= 4 is 29.0 Å². The second-order valence-electron chi connectivity index (χ2n) is 6.38. The van der Waals surface area contributed by atoms with E-state index in [4.69, 9.17) is 16.3 Å². The summed E-state index contributed by atoms with van der Waals surface area (Å²) < 4.78 is 5.61. The largest absolute Gasteiger partial charge is 0.492 e. The Morgan fingerprint density at radius 3 is 2.58 bits per heavy atom. The smallest absolute Gasteiger partial charge is 0.319 e. The van der Waals surface area contributed by atoms with Crippen LogP contribution in [0, 0.1) is 6.92 Å². The van der Waals surface area contributed by atoms with E-state index in [0.717, 1.165) is 30.1 Å². The maximum Gasteiger partial charge on any atom is 0.319 e. The molecule has 0 radical (unpaired) electrons. The van der Waals surface area contributed by atoms with Gasteiger partial charge in [-0.25, -0.2) is 4.79 Å². The number of amides is 2. The number of carbonyl (C=O) groups excluding carboxylic acids is 1. The van der Waals surface area contributed by atoms with E-state index in [2.05, 4.69) is 15.5 Å². The van der Waals surface area contributed by atoms with Crippen LogP contribution in [-0.4, -0.2) is 32.3 Å². The predicted molar refractivity (Wildman–Crippen MR) is 107 cm³/mol. The molecule has 0 aromatic heterocycles. The summed E-state index contributed by atoms with van der Waals surface area (Å²) in [7, 11) is 0. The summed E-state index contributed by atoms with van der Waals surface area (Å²) >= 11 is 5.98. The molecule has 0 saturated carbocycles. The summed E-state index contributed by atoms with van der Waals surface area (Å²) in [6, 6.07) is 13.2. The number of nitrogens with zero attached hydrogens (tertiary/aromatic N) is 1. The van der Waals surface area contributed by atoms with Crippen molar-refractivity contribution in [3.8, 4) is 5.75 Å². The van der Waals surface area contributed by atoms with Crippen LogP contribution < -0.4 is 20.3 Å². The number of hydrogen-bond acceptors (Lipinski definition) is 3. The molecule has 6 heteroatoms. The van der Waals surface area contributed by atoms with E-state index in [9.17, 15) is 4.79 Å². The number of rotatable bonds is 6. The van der Waals surface area contributed by atoms with Crippen molar-refractivity contribution in [1.29, 1.82) is 0 Å². The van der Waals surface area contributed by atoms with Crippen molar-refractivity contribution in [3.05, 3.63) is 53.1 Å². The summed E-state index contributed by atoms with van der Waals surface area (Å²) in [4.78, 5) is 14.3. The van der Waals surface area contributed by atoms with Gasteiger partial charge in [0.1, 0.15) is 12.4 Å². The van der Waals surface area contributed by atoms with E-state index in [1.54, 1.807) is 6.07 Å². The maximum atomic E-state index is 12.0. The minimum Gasteiger partial charge on any atom is -0.492 e. The van der Waals surface area contributed by atoms with Crippen LogP contribution in [0.5, 0.6) is 5.75 Å². The molecule has 3 rings (SSSR count). The van der Waals surface area contributed by atoms with Crippen LogP contribution in [0.2, 0.25) is 5.02 Å². The Bertz CT molecular complexity index is 743. The van der Waals surface area contributed by atoms with E-state index >= 15 is 0 Å². The van der Waals surface area contributed by atoms with Gasteiger partial charge < -0.3 is 20.3 Å². The third-order valence-corrected chi connectivity index (χ3v) is 4.81. The molecule has 0 unspecified atom stereocenters. The van der Waals surface area contributed by atoms with Crippen molar-refractivity contribution in [3.63, 3.8) is 0 Å². The topological polar surface area (TPSA) is 53.6 Å². The Kier molecular flexibility index (Phi) is 6.23. The van der Waals surface area contributed by atoms with Crippen LogP contribution in [0.4, 0.5) is 16.2 Å². The van der Waals surface area contributed by atoms with Crippen LogP contribution >= 0.6 is 11.6 Å². The maximum absolute atomic E-state index is 12.0. The van der Waals surface area contributed by atoms with Crippen molar-refractivity contribution in [1.82, 2.24) is 5.32 Å². The minimum atomic E-state index is -0.241. The van der Waals surface area contributed by atoms with E-state index in [1.165, 1.54) is 18.5 Å². The summed E-state index contributed by atoms with van der Waals surface area (Å²) in [5.74, 6) is 0.742. The van der Waals surface area contributed by atoms with Crippen LogP contribution in [0.3, 0.4) is 0 Å². The summed E-state index contributed by atoms with van der Waals surface area (Å²) in [5.41, 5.74) is 2.95. The zero-order valence-electron chi connectivity index (χ0n) is 14.9. The fourth-order valence-corrected chi connectivity index (χ4v) is 3.06. The Morgan fingerprint density at radius 2 is 1.88 bits per heavy atom. The highest BCUT2D eigenvalue weighted by molar-refractivity contribution is 6.31. The lowest BCUT2D eigenvalue weighted by atomic mass is 10.2. The van der Waals surface area contributed by atoms with Crippen LogP contribution in [0.1, 0.15) is 18.4 Å². The molecule has 0 aliphatic carbocycles. The third kappa shape index (κ3) is 5.05. The number of benzene rings is 2. The number of hydrogen-bond donors (Lipinski definition) is 2. The Morgan fingerprint density at radius 1 is 1.15 bits per heavy atom. The first-order valence-corrected chi connectivity index (χ1v) is 9.28. The van der Waals surface area contributed by atoms with Gasteiger partial charge in [0.25, 0.3) is 0 Å². The van der Waals surface area contributed by atoms with Gasteiger partial charge in [-0.1, -0.05) is 11.6 Å². The molecule has 2 amide bonds. The molecule has 1 heterocycles. The normalized spacial score (nSPS) is 13.5. The molecule has 0 bridgehead atoms.